The largest absolute Gasteiger partial charge is 0.348 e. The second kappa shape index (κ2) is 6.00. The Hall–Kier alpha value is -2.81. The number of H-pyrrole nitrogens is 1. The predicted octanol–water partition coefficient (Wildman–Crippen LogP) is 2.14. The molecule has 1 unspecified atom stereocenters. The number of aryl methyl sites for hydroxylation is 1. The minimum Gasteiger partial charge on any atom is -0.348 e. The third kappa shape index (κ3) is 2.62. The van der Waals surface area contributed by atoms with Crippen molar-refractivity contribution in [1.82, 2.24) is 30.0 Å². The maximum absolute atomic E-state index is 12.8. The number of urea groups is 1. The molecule has 1 aliphatic rings. The Labute approximate surface area is 142 Å². The molecule has 2 amide bonds. The molecule has 0 radical (unpaired) electrons. The molecular formula is C15H15N7OS. The average Bonchev–Trinajstić information content (AvgIpc) is 3.23. The van der Waals surface area contributed by atoms with Crippen LogP contribution in [0.5, 0.6) is 0 Å². The molecule has 9 heteroatoms. The van der Waals surface area contributed by atoms with Crippen LogP contribution in [0.15, 0.2) is 30.7 Å². The number of amides is 2. The molecule has 0 saturated heterocycles. The Kier molecular flexibility index (Phi) is 3.69. The lowest BCUT2D eigenvalue weighted by atomic mass is 10.00. The van der Waals surface area contributed by atoms with E-state index in [1.807, 2.05) is 25.1 Å². The number of nitrogens with one attached hydrogen (secondary N) is 2. The molecule has 1 aliphatic heterocycles. The zero-order chi connectivity index (χ0) is 16.5. The number of imidazole rings is 1. The average molecular weight is 341 g/mol. The third-order valence-corrected chi connectivity index (χ3v) is 4.65. The number of fused-ring (bicyclic) bond motifs is 1. The summed E-state index contributed by atoms with van der Waals surface area (Å²) in [5.41, 5.74) is 2.67. The van der Waals surface area contributed by atoms with E-state index in [0.717, 1.165) is 28.5 Å². The number of aromatic nitrogens is 5. The molecule has 2 N–H and O–H groups in total. The Morgan fingerprint density at radius 3 is 3.04 bits per heavy atom. The number of hydrogen-bond acceptors (Lipinski definition) is 6. The summed E-state index contributed by atoms with van der Waals surface area (Å²) in [5.74, 6) is 0. The van der Waals surface area contributed by atoms with Crippen molar-refractivity contribution in [1.29, 1.82) is 0 Å². The zero-order valence-corrected chi connectivity index (χ0v) is 13.7. The van der Waals surface area contributed by atoms with Crippen LogP contribution < -0.4 is 5.32 Å². The summed E-state index contributed by atoms with van der Waals surface area (Å²) in [7, 11) is 0. The van der Waals surface area contributed by atoms with Gasteiger partial charge in [0.15, 0.2) is 0 Å². The highest BCUT2D eigenvalue weighted by atomic mass is 32.1. The predicted molar refractivity (Wildman–Crippen MR) is 88.7 cm³/mol. The zero-order valence-electron chi connectivity index (χ0n) is 12.9. The lowest BCUT2D eigenvalue weighted by molar-refractivity contribution is 0.191. The minimum atomic E-state index is -0.324. The second-order valence-electron chi connectivity index (χ2n) is 5.42. The van der Waals surface area contributed by atoms with Crippen molar-refractivity contribution < 1.29 is 4.79 Å². The van der Waals surface area contributed by atoms with Gasteiger partial charge in [0, 0.05) is 24.9 Å². The van der Waals surface area contributed by atoms with Crippen molar-refractivity contribution in [2.45, 2.75) is 19.4 Å². The molecular weight excluding hydrogens is 326 g/mol. The van der Waals surface area contributed by atoms with E-state index in [9.17, 15) is 4.79 Å². The summed E-state index contributed by atoms with van der Waals surface area (Å²) < 4.78 is 0. The highest BCUT2D eigenvalue weighted by Crippen LogP contribution is 2.32. The highest BCUT2D eigenvalue weighted by molar-refractivity contribution is 7.15. The summed E-state index contributed by atoms with van der Waals surface area (Å²) in [5, 5.41) is 12.0. The molecule has 0 aromatic carbocycles. The smallest absolute Gasteiger partial charge is 0.324 e. The number of aromatic amines is 1. The highest BCUT2D eigenvalue weighted by Gasteiger charge is 2.35. The van der Waals surface area contributed by atoms with Gasteiger partial charge in [0.1, 0.15) is 11.0 Å². The Balaban J connectivity index is 1.67. The van der Waals surface area contributed by atoms with Crippen LogP contribution in [0.1, 0.15) is 28.1 Å². The van der Waals surface area contributed by atoms with E-state index in [0.29, 0.717) is 11.7 Å². The first-order valence-corrected chi connectivity index (χ1v) is 8.35. The maximum Gasteiger partial charge on any atom is 0.324 e. The normalized spacial score (nSPS) is 16.7. The van der Waals surface area contributed by atoms with E-state index in [1.54, 1.807) is 17.4 Å². The van der Waals surface area contributed by atoms with Crippen LogP contribution in [-0.2, 0) is 6.42 Å². The Morgan fingerprint density at radius 2 is 2.29 bits per heavy atom. The number of rotatable bonds is 2. The van der Waals surface area contributed by atoms with Gasteiger partial charge in [-0.1, -0.05) is 17.4 Å². The van der Waals surface area contributed by atoms with Gasteiger partial charge < -0.3 is 9.88 Å². The Morgan fingerprint density at radius 1 is 1.38 bits per heavy atom. The number of carbonyl (C=O) groups is 1. The molecule has 0 aliphatic carbocycles. The minimum absolute atomic E-state index is 0.226. The van der Waals surface area contributed by atoms with Gasteiger partial charge in [-0.3, -0.25) is 10.3 Å². The van der Waals surface area contributed by atoms with Gasteiger partial charge >= 0.3 is 6.03 Å². The molecule has 0 saturated carbocycles. The fraction of sp³-hybridized carbons (Fsp3) is 0.267. The number of anilines is 1. The molecule has 0 fully saturated rings. The summed E-state index contributed by atoms with van der Waals surface area (Å²) >= 11 is 1.35. The number of pyridine rings is 1. The van der Waals surface area contributed by atoms with Gasteiger partial charge in [0.05, 0.1) is 17.7 Å². The van der Waals surface area contributed by atoms with E-state index in [-0.39, 0.29) is 12.1 Å². The van der Waals surface area contributed by atoms with Crippen LogP contribution in [0.2, 0.25) is 0 Å². The summed E-state index contributed by atoms with van der Waals surface area (Å²) in [6.07, 6.45) is 4.11. The van der Waals surface area contributed by atoms with E-state index >= 15 is 0 Å². The maximum atomic E-state index is 12.8. The van der Waals surface area contributed by atoms with Crippen LogP contribution in [0, 0.1) is 6.92 Å². The van der Waals surface area contributed by atoms with Crippen molar-refractivity contribution in [2.75, 3.05) is 11.9 Å². The van der Waals surface area contributed by atoms with Crippen LogP contribution >= 0.6 is 11.3 Å². The van der Waals surface area contributed by atoms with Gasteiger partial charge in [-0.05, 0) is 19.1 Å². The molecule has 122 valence electrons. The first-order chi connectivity index (χ1) is 11.7. The van der Waals surface area contributed by atoms with E-state index in [2.05, 4.69) is 30.5 Å². The lowest BCUT2D eigenvalue weighted by Crippen LogP contribution is -2.43. The quantitative estimate of drug-likeness (QED) is 0.744. The molecule has 3 aromatic heterocycles. The number of nitrogens with zero attached hydrogens (tertiary/aromatic N) is 5. The van der Waals surface area contributed by atoms with Gasteiger partial charge in [0.25, 0.3) is 0 Å². The second-order valence-corrected chi connectivity index (χ2v) is 6.60. The molecule has 8 nitrogen and oxygen atoms in total. The fourth-order valence-corrected chi connectivity index (χ4v) is 3.42. The fourth-order valence-electron chi connectivity index (χ4n) is 2.84. The van der Waals surface area contributed by atoms with Crippen molar-refractivity contribution >= 4 is 22.5 Å². The summed E-state index contributed by atoms with van der Waals surface area (Å²) in [6.45, 7) is 2.42. The van der Waals surface area contributed by atoms with E-state index in [1.165, 1.54) is 11.3 Å². The number of hydrogen-bond donors (Lipinski definition) is 2. The van der Waals surface area contributed by atoms with Crippen molar-refractivity contribution in [3.8, 4) is 0 Å². The number of carbonyl (C=O) groups excluding carboxylic acids is 1. The standard InChI is InChI=1S/C15H15N7OS/c1-9-20-21-14(24-9)19-15(23)22-7-5-10-12(18-8-17-10)13(22)11-4-2-3-6-16-11/h2-4,6,8,13H,5,7H2,1H3,(H,17,18)(H,19,21,23). The molecule has 0 bridgehead atoms. The van der Waals surface area contributed by atoms with Gasteiger partial charge in [-0.2, -0.15) is 0 Å². The topological polar surface area (TPSA) is 99.7 Å². The monoisotopic (exact) mass is 341 g/mol. The van der Waals surface area contributed by atoms with Gasteiger partial charge in [-0.15, -0.1) is 10.2 Å². The molecule has 1 atom stereocenters. The van der Waals surface area contributed by atoms with Crippen molar-refractivity contribution in [2.24, 2.45) is 0 Å². The van der Waals surface area contributed by atoms with E-state index in [4.69, 9.17) is 0 Å². The molecule has 0 spiro atoms. The summed E-state index contributed by atoms with van der Waals surface area (Å²) in [4.78, 5) is 26.5. The van der Waals surface area contributed by atoms with Crippen molar-refractivity contribution in [3.63, 3.8) is 0 Å². The van der Waals surface area contributed by atoms with Crippen LogP contribution in [0.25, 0.3) is 0 Å². The van der Waals surface area contributed by atoms with Gasteiger partial charge in [0.2, 0.25) is 5.13 Å². The van der Waals surface area contributed by atoms with Crippen LogP contribution in [0.4, 0.5) is 9.93 Å². The van der Waals surface area contributed by atoms with E-state index < -0.39 is 0 Å². The summed E-state index contributed by atoms with van der Waals surface area (Å²) in [6, 6.07) is 5.12. The SMILES string of the molecule is Cc1nnc(NC(=O)N2CCc3[nH]cnc3C2c2ccccn2)s1. The first kappa shape index (κ1) is 14.8. The Bertz CT molecular complexity index is 860. The van der Waals surface area contributed by atoms with Gasteiger partial charge in [-0.25, -0.2) is 9.78 Å². The molecule has 4 rings (SSSR count). The van der Waals surface area contributed by atoms with Crippen LogP contribution in [-0.4, -0.2) is 42.6 Å². The molecule has 4 heterocycles. The molecule has 3 aromatic rings. The van der Waals surface area contributed by atoms with Crippen LogP contribution in [0.3, 0.4) is 0 Å². The third-order valence-electron chi connectivity index (χ3n) is 3.89. The molecule has 24 heavy (non-hydrogen) atoms. The first-order valence-electron chi connectivity index (χ1n) is 7.53. The lowest BCUT2D eigenvalue weighted by Gasteiger charge is -2.34. The van der Waals surface area contributed by atoms with Crippen molar-refractivity contribution in [3.05, 3.63) is 52.8 Å².